The number of aromatic nitrogens is 2. The molecule has 0 radical (unpaired) electrons. The molecule has 1 saturated heterocycles. The molecule has 4 rings (SSSR count). The Morgan fingerprint density at radius 3 is 2.54 bits per heavy atom. The van der Waals surface area contributed by atoms with Crippen molar-refractivity contribution in [2.24, 2.45) is 17.6 Å². The first-order chi connectivity index (χ1) is 16.7. The molecule has 1 aliphatic heterocycles. The van der Waals surface area contributed by atoms with E-state index in [9.17, 15) is 23.2 Å². The molecule has 3 heterocycles. The van der Waals surface area contributed by atoms with Gasteiger partial charge in [-0.2, -0.15) is 5.26 Å². The molecule has 0 amide bonds. The van der Waals surface area contributed by atoms with Crippen LogP contribution in [0, 0.1) is 47.5 Å². The number of carbonyl (C=O) groups excluding carboxylic acids is 1. The van der Waals surface area contributed by atoms with E-state index in [1.807, 2.05) is 11.8 Å². The SMILES string of the molecule is Cc1cc(F)c(-c2nc(C(=O)Cc3cnccc3N3C[C@@H](N)[C@@H](C#N)[C@@H](C)C3)ccc2F)c(F)c1. The molecular weight excluding hydrogens is 455 g/mol. The topological polar surface area (TPSA) is 95.9 Å². The Morgan fingerprint density at radius 2 is 1.89 bits per heavy atom. The summed E-state index contributed by atoms with van der Waals surface area (Å²) in [6.07, 6.45) is 3.05. The molecule has 6 nitrogen and oxygen atoms in total. The summed E-state index contributed by atoms with van der Waals surface area (Å²) in [5.41, 5.74) is 6.62. The zero-order chi connectivity index (χ0) is 25.3. The molecule has 0 saturated carbocycles. The average Bonchev–Trinajstić information content (AvgIpc) is 2.79. The highest BCUT2D eigenvalue weighted by Crippen LogP contribution is 2.31. The Bertz CT molecular complexity index is 1290. The molecule has 1 aromatic carbocycles. The fourth-order valence-corrected chi connectivity index (χ4v) is 4.57. The van der Waals surface area contributed by atoms with Crippen molar-refractivity contribution >= 4 is 11.5 Å². The molecule has 0 unspecified atom stereocenters. The van der Waals surface area contributed by atoms with Crippen LogP contribution in [0.15, 0.2) is 42.7 Å². The summed E-state index contributed by atoms with van der Waals surface area (Å²) in [5, 5.41) is 9.38. The van der Waals surface area contributed by atoms with Gasteiger partial charge in [0.2, 0.25) is 0 Å². The van der Waals surface area contributed by atoms with Crippen LogP contribution < -0.4 is 10.6 Å². The molecule has 3 atom stereocenters. The van der Waals surface area contributed by atoms with Crippen LogP contribution in [0.1, 0.15) is 28.5 Å². The molecule has 1 aliphatic rings. The number of carbonyl (C=O) groups is 1. The molecule has 9 heteroatoms. The van der Waals surface area contributed by atoms with Gasteiger partial charge in [0, 0.05) is 49.2 Å². The highest BCUT2D eigenvalue weighted by atomic mass is 19.1. The van der Waals surface area contributed by atoms with Crippen molar-refractivity contribution < 1.29 is 18.0 Å². The first kappa shape index (κ1) is 24.4. The second-order valence-electron chi connectivity index (χ2n) is 8.94. The van der Waals surface area contributed by atoms with E-state index in [0.717, 1.165) is 23.9 Å². The van der Waals surface area contributed by atoms with E-state index in [2.05, 4.69) is 16.0 Å². The second-order valence-corrected chi connectivity index (χ2v) is 8.94. The van der Waals surface area contributed by atoms with Gasteiger partial charge in [0.15, 0.2) is 5.78 Å². The summed E-state index contributed by atoms with van der Waals surface area (Å²) >= 11 is 0. The largest absolute Gasteiger partial charge is 0.369 e. The number of aryl methyl sites for hydroxylation is 1. The van der Waals surface area contributed by atoms with Gasteiger partial charge in [0.1, 0.15) is 28.8 Å². The van der Waals surface area contributed by atoms with Crippen molar-refractivity contribution in [3.8, 4) is 17.3 Å². The van der Waals surface area contributed by atoms with E-state index in [4.69, 9.17) is 5.73 Å². The summed E-state index contributed by atoms with van der Waals surface area (Å²) in [6, 6.07) is 8.03. The summed E-state index contributed by atoms with van der Waals surface area (Å²) in [5.74, 6) is -3.55. The van der Waals surface area contributed by atoms with Gasteiger partial charge in [0.05, 0.1) is 17.6 Å². The van der Waals surface area contributed by atoms with Gasteiger partial charge in [0.25, 0.3) is 0 Å². The van der Waals surface area contributed by atoms with Crippen LogP contribution in [-0.2, 0) is 6.42 Å². The predicted molar refractivity (Wildman–Crippen MR) is 125 cm³/mol. The third kappa shape index (κ3) is 4.88. The Kier molecular flexibility index (Phi) is 6.85. The normalized spacial score (nSPS) is 19.9. The van der Waals surface area contributed by atoms with E-state index in [-0.39, 0.29) is 30.0 Å². The smallest absolute Gasteiger partial charge is 0.185 e. The van der Waals surface area contributed by atoms with Gasteiger partial charge in [-0.1, -0.05) is 6.92 Å². The van der Waals surface area contributed by atoms with Crippen molar-refractivity contribution in [3.63, 3.8) is 0 Å². The summed E-state index contributed by atoms with van der Waals surface area (Å²) < 4.78 is 43.4. The first-order valence-corrected chi connectivity index (χ1v) is 11.2. The number of rotatable bonds is 5. The van der Waals surface area contributed by atoms with Crippen LogP contribution in [0.5, 0.6) is 0 Å². The highest BCUT2D eigenvalue weighted by Gasteiger charge is 2.33. The second kappa shape index (κ2) is 9.84. The summed E-state index contributed by atoms with van der Waals surface area (Å²) in [6.45, 7) is 4.50. The summed E-state index contributed by atoms with van der Waals surface area (Å²) in [4.78, 5) is 23.2. The van der Waals surface area contributed by atoms with E-state index < -0.39 is 34.5 Å². The number of nitrogens with two attached hydrogens (primary N) is 1. The van der Waals surface area contributed by atoms with E-state index in [1.165, 1.54) is 13.0 Å². The third-order valence-corrected chi connectivity index (χ3v) is 6.29. The van der Waals surface area contributed by atoms with Gasteiger partial charge in [-0.05, 0) is 48.7 Å². The maximum atomic E-state index is 14.5. The number of hydrogen-bond donors (Lipinski definition) is 1. The number of anilines is 1. The molecule has 1 fully saturated rings. The van der Waals surface area contributed by atoms with E-state index in [0.29, 0.717) is 24.2 Å². The lowest BCUT2D eigenvalue weighted by atomic mass is 9.84. The van der Waals surface area contributed by atoms with Gasteiger partial charge in [-0.3, -0.25) is 9.78 Å². The molecule has 0 aliphatic carbocycles. The van der Waals surface area contributed by atoms with E-state index >= 15 is 0 Å². The van der Waals surface area contributed by atoms with Crippen molar-refractivity contribution in [2.45, 2.75) is 26.3 Å². The molecule has 2 aromatic heterocycles. The molecule has 3 aromatic rings. The number of hydrogen-bond acceptors (Lipinski definition) is 6. The quantitative estimate of drug-likeness (QED) is 0.551. The van der Waals surface area contributed by atoms with Crippen LogP contribution in [-0.4, -0.2) is 34.9 Å². The van der Waals surface area contributed by atoms with Gasteiger partial charge in [-0.15, -0.1) is 0 Å². The van der Waals surface area contributed by atoms with Gasteiger partial charge >= 0.3 is 0 Å². The molecule has 35 heavy (non-hydrogen) atoms. The molecular formula is C26H24F3N5O. The van der Waals surface area contributed by atoms with Gasteiger partial charge < -0.3 is 10.6 Å². The van der Waals surface area contributed by atoms with Crippen LogP contribution in [0.3, 0.4) is 0 Å². The lowest BCUT2D eigenvalue weighted by Crippen LogP contribution is -2.52. The molecule has 180 valence electrons. The standard InChI is InChI=1S/C26H24F3N5O/c1-14-7-19(28)25(20(29)8-14)26-18(27)3-4-22(33-26)24(35)9-16-11-32-6-5-23(16)34-12-15(2)17(10-30)21(31)13-34/h3-8,11,15,17,21H,9,12-13,31H2,1-2H3/t15-,17-,21+/m0/s1. The number of ketones is 1. The molecule has 2 N–H and O–H groups in total. The first-order valence-electron chi connectivity index (χ1n) is 11.2. The van der Waals surface area contributed by atoms with Crippen LogP contribution in [0.4, 0.5) is 18.9 Å². The lowest BCUT2D eigenvalue weighted by molar-refractivity contribution is 0.0988. The number of Topliss-reactive ketones (excluding diaryl/α,β-unsaturated/α-hetero) is 1. The fourth-order valence-electron chi connectivity index (χ4n) is 4.57. The minimum Gasteiger partial charge on any atom is -0.369 e. The maximum Gasteiger partial charge on any atom is 0.185 e. The Balaban J connectivity index is 1.63. The van der Waals surface area contributed by atoms with E-state index in [1.54, 1.807) is 18.5 Å². The minimum atomic E-state index is -0.959. The number of halogens is 3. The maximum absolute atomic E-state index is 14.5. The zero-order valence-corrected chi connectivity index (χ0v) is 19.3. The van der Waals surface area contributed by atoms with Crippen LogP contribution in [0.2, 0.25) is 0 Å². The minimum absolute atomic E-state index is 0.0288. The Morgan fingerprint density at radius 1 is 1.17 bits per heavy atom. The number of nitrogens with zero attached hydrogens (tertiary/aromatic N) is 4. The Hall–Kier alpha value is -3.77. The van der Waals surface area contributed by atoms with Crippen LogP contribution in [0.25, 0.3) is 11.3 Å². The van der Waals surface area contributed by atoms with Crippen molar-refractivity contribution in [1.29, 1.82) is 5.26 Å². The molecule has 0 spiro atoms. The third-order valence-electron chi connectivity index (χ3n) is 6.29. The summed E-state index contributed by atoms with van der Waals surface area (Å²) in [7, 11) is 0. The number of nitriles is 1. The number of pyridine rings is 2. The number of benzene rings is 1. The van der Waals surface area contributed by atoms with Crippen LogP contribution >= 0.6 is 0 Å². The predicted octanol–water partition coefficient (Wildman–Crippen LogP) is 4.22. The fraction of sp³-hybridized carbons (Fsp3) is 0.308. The lowest BCUT2D eigenvalue weighted by Gasteiger charge is -2.40. The monoisotopic (exact) mass is 479 g/mol. The van der Waals surface area contributed by atoms with Crippen molar-refractivity contribution in [1.82, 2.24) is 9.97 Å². The molecule has 0 bridgehead atoms. The average molecular weight is 480 g/mol. The van der Waals surface area contributed by atoms with Gasteiger partial charge in [-0.25, -0.2) is 18.2 Å². The van der Waals surface area contributed by atoms with Crippen molar-refractivity contribution in [3.05, 3.63) is 77.0 Å². The highest BCUT2D eigenvalue weighted by molar-refractivity contribution is 5.97. The van der Waals surface area contributed by atoms with Crippen molar-refractivity contribution in [2.75, 3.05) is 18.0 Å². The number of piperidine rings is 1. The Labute approximate surface area is 201 Å². The zero-order valence-electron chi connectivity index (χ0n) is 19.3.